The molecule has 0 spiro atoms. The summed E-state index contributed by atoms with van der Waals surface area (Å²) in [7, 11) is -11.0. The third-order valence-corrected chi connectivity index (χ3v) is 6.61. The Labute approximate surface area is 120 Å². The van der Waals surface area contributed by atoms with Gasteiger partial charge in [0.2, 0.25) is 0 Å². The zero-order valence-corrected chi connectivity index (χ0v) is 13.2. The lowest BCUT2D eigenvalue weighted by molar-refractivity contribution is 0.0151. The molecule has 0 saturated heterocycles. The Kier molecular flexibility index (Phi) is 5.52. The molecule has 0 fully saturated rings. The van der Waals surface area contributed by atoms with Crippen molar-refractivity contribution in [1.29, 1.82) is 0 Å². The van der Waals surface area contributed by atoms with E-state index in [-0.39, 0.29) is 12.6 Å². The van der Waals surface area contributed by atoms with Gasteiger partial charge in [0.15, 0.2) is 0 Å². The Balaban J connectivity index is 2.75. The Bertz CT molecular complexity index is 554. The molecule has 5 N–H and O–H groups in total. The number of hydrogen-bond donors (Lipinski definition) is 5. The molecular formula is C9H18N2O8P2. The number of hydrogen-bond acceptors (Lipinski definition) is 5. The van der Waals surface area contributed by atoms with E-state index in [0.29, 0.717) is 5.82 Å². The van der Waals surface area contributed by atoms with Crippen molar-refractivity contribution in [2.24, 2.45) is 0 Å². The Morgan fingerprint density at radius 1 is 1.33 bits per heavy atom. The predicted octanol–water partition coefficient (Wildman–Crippen LogP) is -0.229. The average molecular weight is 344 g/mol. The number of ether oxygens (including phenoxy) is 1. The maximum atomic E-state index is 11.1. The normalized spacial score (nSPS) is 15.2. The predicted molar refractivity (Wildman–Crippen MR) is 71.5 cm³/mol. The molecule has 0 saturated carbocycles. The highest BCUT2D eigenvalue weighted by Crippen LogP contribution is 2.67. The molecule has 0 aliphatic heterocycles. The minimum Gasteiger partial charge on any atom is -0.375 e. The molecule has 0 radical (unpaired) electrons. The van der Waals surface area contributed by atoms with Crippen LogP contribution in [0.3, 0.4) is 0 Å². The molecule has 1 atom stereocenters. The second-order valence-electron chi connectivity index (χ2n) is 4.61. The lowest BCUT2D eigenvalue weighted by atomic mass is 10.3. The van der Waals surface area contributed by atoms with E-state index in [1.54, 1.807) is 30.8 Å². The fourth-order valence-electron chi connectivity index (χ4n) is 1.64. The van der Waals surface area contributed by atoms with Gasteiger partial charge in [0.25, 0.3) is 5.08 Å². The standard InChI is InChI=1S/C9H18N2O8P2/c1-7(11-4-3-10-8(11)2)5-19-6-9(12,20(13,14)15)21(16,17)18/h3-4,7,12H,5-6H2,1-2H3,(H2,13,14,15)(H2,16,17,18). The number of aryl methyl sites for hydroxylation is 1. The van der Waals surface area contributed by atoms with E-state index < -0.39 is 26.9 Å². The molecule has 1 unspecified atom stereocenters. The molecule has 1 aromatic rings. The third-order valence-electron chi connectivity index (χ3n) is 2.92. The van der Waals surface area contributed by atoms with Crippen LogP contribution in [-0.4, -0.2) is 52.5 Å². The molecular weight excluding hydrogens is 326 g/mol. The maximum absolute atomic E-state index is 11.1. The van der Waals surface area contributed by atoms with Gasteiger partial charge in [-0.2, -0.15) is 0 Å². The summed E-state index contributed by atoms with van der Waals surface area (Å²) in [5.41, 5.74) is 0. The van der Waals surface area contributed by atoms with Crippen LogP contribution in [0.15, 0.2) is 12.4 Å². The molecule has 0 aliphatic carbocycles. The van der Waals surface area contributed by atoms with E-state index in [2.05, 4.69) is 4.98 Å². The van der Waals surface area contributed by atoms with Crippen molar-refractivity contribution in [2.45, 2.75) is 25.0 Å². The molecule has 0 aliphatic rings. The monoisotopic (exact) mass is 344 g/mol. The Morgan fingerprint density at radius 3 is 2.24 bits per heavy atom. The minimum atomic E-state index is -5.49. The number of aromatic nitrogens is 2. The molecule has 0 bridgehead atoms. The maximum Gasteiger partial charge on any atom is 0.371 e. The largest absolute Gasteiger partial charge is 0.375 e. The highest BCUT2D eigenvalue weighted by molar-refractivity contribution is 7.72. The fourth-order valence-corrected chi connectivity index (χ4v) is 3.51. The van der Waals surface area contributed by atoms with Crippen molar-refractivity contribution in [3.05, 3.63) is 18.2 Å². The fraction of sp³-hybridized carbons (Fsp3) is 0.667. The molecule has 12 heteroatoms. The summed E-state index contributed by atoms with van der Waals surface area (Å²) in [4.78, 5) is 39.7. The van der Waals surface area contributed by atoms with Crippen LogP contribution in [0.25, 0.3) is 0 Å². The van der Waals surface area contributed by atoms with E-state index in [9.17, 15) is 14.2 Å². The van der Waals surface area contributed by atoms with E-state index >= 15 is 0 Å². The molecule has 1 rings (SSSR count). The summed E-state index contributed by atoms with van der Waals surface area (Å²) in [6.45, 7) is 2.12. The van der Waals surface area contributed by atoms with Crippen LogP contribution in [-0.2, 0) is 13.9 Å². The number of imidazole rings is 1. The van der Waals surface area contributed by atoms with Crippen LogP contribution in [0, 0.1) is 6.92 Å². The summed E-state index contributed by atoms with van der Waals surface area (Å²) >= 11 is 0. The van der Waals surface area contributed by atoms with E-state index in [1.807, 2.05) is 0 Å². The van der Waals surface area contributed by atoms with Crippen molar-refractivity contribution >= 4 is 15.2 Å². The van der Waals surface area contributed by atoms with Gasteiger partial charge in [-0.3, -0.25) is 9.13 Å². The molecule has 21 heavy (non-hydrogen) atoms. The van der Waals surface area contributed by atoms with Gasteiger partial charge in [0.05, 0.1) is 19.3 Å². The van der Waals surface area contributed by atoms with Crippen LogP contribution >= 0.6 is 15.2 Å². The smallest absolute Gasteiger partial charge is 0.371 e. The van der Waals surface area contributed by atoms with Crippen LogP contribution in [0.4, 0.5) is 0 Å². The van der Waals surface area contributed by atoms with Gasteiger partial charge in [-0.25, -0.2) is 4.98 Å². The number of nitrogens with zero attached hydrogens (tertiary/aromatic N) is 2. The first kappa shape index (κ1) is 18.5. The van der Waals surface area contributed by atoms with Crippen molar-refractivity contribution in [3.63, 3.8) is 0 Å². The second kappa shape index (κ2) is 6.28. The topological polar surface area (TPSA) is 162 Å². The SMILES string of the molecule is Cc1nccn1C(C)COCC(O)(P(=O)(O)O)P(=O)(O)O. The summed E-state index contributed by atoms with van der Waals surface area (Å²) < 4.78 is 28.8. The summed E-state index contributed by atoms with van der Waals surface area (Å²) in [6.07, 6.45) is 3.20. The number of aliphatic hydroxyl groups is 1. The van der Waals surface area contributed by atoms with E-state index in [1.165, 1.54) is 0 Å². The number of rotatable bonds is 7. The highest BCUT2D eigenvalue weighted by Gasteiger charge is 2.59. The minimum absolute atomic E-state index is 0.125. The van der Waals surface area contributed by atoms with Crippen molar-refractivity contribution in [2.75, 3.05) is 13.2 Å². The summed E-state index contributed by atoms with van der Waals surface area (Å²) in [6, 6.07) is -0.301. The quantitative estimate of drug-likeness (QED) is 0.420. The summed E-state index contributed by atoms with van der Waals surface area (Å²) in [5.74, 6) is 0.673. The van der Waals surface area contributed by atoms with Crippen molar-refractivity contribution in [1.82, 2.24) is 9.55 Å². The van der Waals surface area contributed by atoms with E-state index in [0.717, 1.165) is 0 Å². The van der Waals surface area contributed by atoms with Crippen LogP contribution in [0.5, 0.6) is 0 Å². The van der Waals surface area contributed by atoms with E-state index in [4.69, 9.17) is 24.3 Å². The molecule has 122 valence electrons. The molecule has 1 heterocycles. The molecule has 1 aromatic heterocycles. The Morgan fingerprint density at radius 2 is 1.86 bits per heavy atom. The van der Waals surface area contributed by atoms with Gasteiger partial charge >= 0.3 is 15.2 Å². The van der Waals surface area contributed by atoms with Crippen LogP contribution in [0.1, 0.15) is 18.8 Å². The molecule has 0 amide bonds. The zero-order chi connectivity index (χ0) is 16.5. The zero-order valence-electron chi connectivity index (χ0n) is 11.4. The van der Waals surface area contributed by atoms with Gasteiger partial charge in [-0.1, -0.05) is 0 Å². The second-order valence-corrected chi connectivity index (χ2v) is 8.62. The first-order valence-corrected chi connectivity index (χ1v) is 9.03. The van der Waals surface area contributed by atoms with Crippen molar-refractivity contribution < 1.29 is 38.5 Å². The van der Waals surface area contributed by atoms with Gasteiger partial charge < -0.3 is 34.0 Å². The van der Waals surface area contributed by atoms with Gasteiger partial charge in [0.1, 0.15) is 5.82 Å². The van der Waals surface area contributed by atoms with Crippen molar-refractivity contribution in [3.8, 4) is 0 Å². The first-order chi connectivity index (χ1) is 9.40. The molecule has 0 aromatic carbocycles. The lowest BCUT2D eigenvalue weighted by Crippen LogP contribution is -2.35. The van der Waals surface area contributed by atoms with Gasteiger partial charge in [-0.05, 0) is 13.8 Å². The lowest BCUT2D eigenvalue weighted by Gasteiger charge is -2.29. The first-order valence-electron chi connectivity index (χ1n) is 5.81. The Hall–Kier alpha value is -0.570. The molecule has 10 nitrogen and oxygen atoms in total. The summed E-state index contributed by atoms with van der Waals surface area (Å²) in [5, 5.41) is 6.06. The highest BCUT2D eigenvalue weighted by atomic mass is 31.2. The van der Waals surface area contributed by atoms with Crippen LogP contribution in [0.2, 0.25) is 0 Å². The third kappa shape index (κ3) is 4.00. The average Bonchev–Trinajstić information content (AvgIpc) is 2.72. The van der Waals surface area contributed by atoms with Gasteiger partial charge in [-0.15, -0.1) is 0 Å². The van der Waals surface area contributed by atoms with Gasteiger partial charge in [0, 0.05) is 12.4 Å². The van der Waals surface area contributed by atoms with Crippen LogP contribution < -0.4 is 0 Å².